The topological polar surface area (TPSA) is 106 Å². The van der Waals surface area contributed by atoms with Gasteiger partial charge in [0.15, 0.2) is 0 Å². The van der Waals surface area contributed by atoms with Crippen LogP contribution >= 0.6 is 0 Å². The molecule has 0 unspecified atom stereocenters. The van der Waals surface area contributed by atoms with Crippen LogP contribution in [0.15, 0.2) is 9.59 Å². The Morgan fingerprint density at radius 2 is 1.74 bits per heavy atom. The maximum atomic E-state index is 11.8. The number of carbonyl (C=O) groups is 1. The molecule has 2 rings (SSSR count). The Balaban J connectivity index is 2.30. The number of aromatic carboxylic acids is 1. The Kier molecular flexibility index (Phi) is 4.16. The van der Waals surface area contributed by atoms with Crippen molar-refractivity contribution in [3.05, 3.63) is 32.1 Å². The molecule has 19 heavy (non-hydrogen) atoms. The second-order valence-corrected chi connectivity index (χ2v) is 4.76. The normalized spacial score (nSPS) is 17.1. The van der Waals surface area contributed by atoms with Gasteiger partial charge in [0.2, 0.25) is 0 Å². The second-order valence-electron chi connectivity index (χ2n) is 4.76. The van der Waals surface area contributed by atoms with Crippen molar-refractivity contribution < 1.29 is 9.90 Å². The molecule has 7 heteroatoms. The summed E-state index contributed by atoms with van der Waals surface area (Å²) in [5.41, 5.74) is -1.60. The molecule has 1 aliphatic heterocycles. The van der Waals surface area contributed by atoms with Crippen molar-refractivity contribution in [3.8, 4) is 0 Å². The van der Waals surface area contributed by atoms with Crippen molar-refractivity contribution in [3.63, 3.8) is 0 Å². The zero-order valence-corrected chi connectivity index (χ0v) is 10.6. The number of hydrogen-bond donors (Lipinski definition) is 3. The number of nitrogens with one attached hydrogen (secondary N) is 2. The predicted molar refractivity (Wildman–Crippen MR) is 68.4 cm³/mol. The van der Waals surface area contributed by atoms with E-state index in [1.165, 1.54) is 0 Å². The van der Waals surface area contributed by atoms with E-state index in [1.54, 1.807) is 0 Å². The standard InChI is InChI=1S/C12H17N3O4/c16-10-8(7-15-5-3-1-2-4-6-15)9(11(17)18)13-12(19)14-10/h1-7H2,(H,17,18)(H2,13,14,16,19). The van der Waals surface area contributed by atoms with Gasteiger partial charge in [0.1, 0.15) is 5.69 Å². The van der Waals surface area contributed by atoms with Gasteiger partial charge in [-0.25, -0.2) is 9.59 Å². The minimum absolute atomic E-state index is 0.119. The molecule has 0 amide bonds. The van der Waals surface area contributed by atoms with Crippen LogP contribution in [0, 0.1) is 0 Å². The van der Waals surface area contributed by atoms with Gasteiger partial charge in [-0.05, 0) is 25.9 Å². The lowest BCUT2D eigenvalue weighted by molar-refractivity contribution is 0.0686. The van der Waals surface area contributed by atoms with E-state index >= 15 is 0 Å². The van der Waals surface area contributed by atoms with Crippen LogP contribution in [-0.4, -0.2) is 39.0 Å². The highest BCUT2D eigenvalue weighted by molar-refractivity contribution is 5.86. The van der Waals surface area contributed by atoms with Crippen LogP contribution in [-0.2, 0) is 6.54 Å². The molecule has 0 aromatic carbocycles. The summed E-state index contributed by atoms with van der Waals surface area (Å²) in [5.74, 6) is -1.28. The van der Waals surface area contributed by atoms with Crippen LogP contribution in [0.3, 0.4) is 0 Å². The Bertz CT molecular complexity index is 567. The summed E-state index contributed by atoms with van der Waals surface area (Å²) >= 11 is 0. The number of carboxylic acid groups (broad SMARTS) is 1. The number of hydrogen-bond acceptors (Lipinski definition) is 4. The van der Waals surface area contributed by atoms with Gasteiger partial charge in [0.25, 0.3) is 5.56 Å². The third-order valence-electron chi connectivity index (χ3n) is 3.34. The molecule has 0 radical (unpaired) electrons. The Morgan fingerprint density at radius 1 is 1.11 bits per heavy atom. The molecule has 1 fully saturated rings. The molecule has 1 saturated heterocycles. The van der Waals surface area contributed by atoms with Gasteiger partial charge in [-0.3, -0.25) is 14.7 Å². The van der Waals surface area contributed by atoms with Crippen LogP contribution in [0.5, 0.6) is 0 Å². The van der Waals surface area contributed by atoms with Gasteiger partial charge < -0.3 is 10.1 Å². The predicted octanol–water partition coefficient (Wildman–Crippen LogP) is 0.137. The van der Waals surface area contributed by atoms with E-state index in [0.29, 0.717) is 0 Å². The summed E-state index contributed by atoms with van der Waals surface area (Å²) in [7, 11) is 0. The van der Waals surface area contributed by atoms with Crippen LogP contribution < -0.4 is 11.2 Å². The molecule has 3 N–H and O–H groups in total. The molecule has 1 aromatic heterocycles. The molecule has 7 nitrogen and oxygen atoms in total. The molecule has 0 atom stereocenters. The highest BCUT2D eigenvalue weighted by atomic mass is 16.4. The molecule has 104 valence electrons. The summed E-state index contributed by atoms with van der Waals surface area (Å²) in [5, 5.41) is 9.06. The van der Waals surface area contributed by atoms with E-state index in [1.807, 2.05) is 0 Å². The Morgan fingerprint density at radius 3 is 2.32 bits per heavy atom. The molecule has 0 saturated carbocycles. The number of rotatable bonds is 3. The maximum absolute atomic E-state index is 11.8. The highest BCUT2D eigenvalue weighted by Gasteiger charge is 2.19. The first-order valence-corrected chi connectivity index (χ1v) is 6.39. The van der Waals surface area contributed by atoms with Gasteiger partial charge in [0.05, 0.1) is 5.56 Å². The summed E-state index contributed by atoms with van der Waals surface area (Å²) in [6, 6.07) is 0. The van der Waals surface area contributed by atoms with E-state index in [2.05, 4.69) is 14.9 Å². The van der Waals surface area contributed by atoms with Crippen molar-refractivity contribution in [2.45, 2.75) is 32.2 Å². The molecular formula is C12H17N3O4. The SMILES string of the molecule is O=C(O)c1[nH]c(=O)[nH]c(=O)c1CN1CCCCCC1. The minimum Gasteiger partial charge on any atom is -0.477 e. The fourth-order valence-corrected chi connectivity index (χ4v) is 2.36. The molecule has 0 spiro atoms. The maximum Gasteiger partial charge on any atom is 0.352 e. The average Bonchev–Trinajstić information content (AvgIpc) is 2.60. The molecule has 1 aliphatic rings. The van der Waals surface area contributed by atoms with Gasteiger partial charge in [-0.2, -0.15) is 0 Å². The van der Waals surface area contributed by atoms with Crippen molar-refractivity contribution in [1.29, 1.82) is 0 Å². The van der Waals surface area contributed by atoms with Crippen LogP contribution in [0.1, 0.15) is 41.7 Å². The van der Waals surface area contributed by atoms with E-state index < -0.39 is 17.2 Å². The van der Waals surface area contributed by atoms with Gasteiger partial charge in [-0.1, -0.05) is 12.8 Å². The third kappa shape index (κ3) is 3.31. The number of aromatic amines is 2. The molecular weight excluding hydrogens is 250 g/mol. The smallest absolute Gasteiger partial charge is 0.352 e. The first-order valence-electron chi connectivity index (χ1n) is 6.39. The van der Waals surface area contributed by atoms with Gasteiger partial charge in [0, 0.05) is 6.54 Å². The van der Waals surface area contributed by atoms with Crippen LogP contribution in [0.25, 0.3) is 0 Å². The summed E-state index contributed by atoms with van der Waals surface area (Å²) < 4.78 is 0. The lowest BCUT2D eigenvalue weighted by Gasteiger charge is -2.19. The quantitative estimate of drug-likeness (QED) is 0.722. The zero-order valence-electron chi connectivity index (χ0n) is 10.6. The van der Waals surface area contributed by atoms with Crippen molar-refractivity contribution >= 4 is 5.97 Å². The lowest BCUT2D eigenvalue weighted by Crippen LogP contribution is -2.34. The van der Waals surface area contributed by atoms with Crippen molar-refractivity contribution in [2.24, 2.45) is 0 Å². The summed E-state index contributed by atoms with van der Waals surface area (Å²) in [6.07, 6.45) is 4.40. The van der Waals surface area contributed by atoms with E-state index in [-0.39, 0.29) is 17.8 Å². The first kappa shape index (κ1) is 13.5. The molecule has 2 heterocycles. The fourth-order valence-electron chi connectivity index (χ4n) is 2.36. The zero-order chi connectivity index (χ0) is 13.8. The van der Waals surface area contributed by atoms with Crippen molar-refractivity contribution in [2.75, 3.05) is 13.1 Å². The van der Waals surface area contributed by atoms with E-state index in [9.17, 15) is 14.4 Å². The second kappa shape index (κ2) is 5.83. The molecule has 0 aliphatic carbocycles. The largest absolute Gasteiger partial charge is 0.477 e. The monoisotopic (exact) mass is 267 g/mol. The summed E-state index contributed by atoms with van der Waals surface area (Å²) in [6.45, 7) is 1.95. The van der Waals surface area contributed by atoms with Gasteiger partial charge in [-0.15, -0.1) is 0 Å². The number of carboxylic acids is 1. The van der Waals surface area contributed by atoms with E-state index in [0.717, 1.165) is 38.8 Å². The highest BCUT2D eigenvalue weighted by Crippen LogP contribution is 2.12. The molecule has 1 aromatic rings. The van der Waals surface area contributed by atoms with E-state index in [4.69, 9.17) is 5.11 Å². The van der Waals surface area contributed by atoms with Gasteiger partial charge >= 0.3 is 11.7 Å². The number of aromatic nitrogens is 2. The number of nitrogens with zero attached hydrogens (tertiary/aromatic N) is 1. The first-order chi connectivity index (χ1) is 9.08. The van der Waals surface area contributed by atoms with Crippen LogP contribution in [0.2, 0.25) is 0 Å². The Labute approximate surface area is 109 Å². The lowest BCUT2D eigenvalue weighted by atomic mass is 10.2. The van der Waals surface area contributed by atoms with Crippen LogP contribution in [0.4, 0.5) is 0 Å². The fraction of sp³-hybridized carbons (Fsp3) is 0.583. The Hall–Kier alpha value is -1.89. The molecule has 0 bridgehead atoms. The summed E-state index contributed by atoms with van der Waals surface area (Å²) in [4.78, 5) is 40.3. The minimum atomic E-state index is -1.28. The number of likely N-dealkylation sites (tertiary alicyclic amines) is 1. The van der Waals surface area contributed by atoms with Crippen molar-refractivity contribution in [1.82, 2.24) is 14.9 Å². The average molecular weight is 267 g/mol. The number of H-pyrrole nitrogens is 2. The third-order valence-corrected chi connectivity index (χ3v) is 3.34.